The second-order valence-electron chi connectivity index (χ2n) is 4.81. The van der Waals surface area contributed by atoms with Gasteiger partial charge in [-0.3, -0.25) is 4.79 Å². The molecule has 2 rings (SSSR count). The lowest BCUT2D eigenvalue weighted by Crippen LogP contribution is -2.46. The van der Waals surface area contributed by atoms with Crippen molar-refractivity contribution >= 4 is 11.6 Å². The van der Waals surface area contributed by atoms with Gasteiger partial charge < -0.3 is 15.4 Å². The smallest absolute Gasteiger partial charge is 0.261 e. The van der Waals surface area contributed by atoms with E-state index in [9.17, 15) is 13.6 Å². The van der Waals surface area contributed by atoms with Gasteiger partial charge in [0.1, 0.15) is 6.61 Å². The summed E-state index contributed by atoms with van der Waals surface area (Å²) in [6.07, 6.45) is -1.69. The molecular formula is C14H18F2N2O2. The Morgan fingerprint density at radius 1 is 1.45 bits per heavy atom. The first-order valence-electron chi connectivity index (χ1n) is 6.57. The van der Waals surface area contributed by atoms with Crippen LogP contribution in [0.1, 0.15) is 12.0 Å². The molecule has 1 aliphatic rings. The molecule has 6 heteroatoms. The zero-order valence-electron chi connectivity index (χ0n) is 11.1. The van der Waals surface area contributed by atoms with Crippen molar-refractivity contribution in [3.63, 3.8) is 0 Å². The first-order chi connectivity index (χ1) is 9.58. The quantitative estimate of drug-likeness (QED) is 0.835. The second kappa shape index (κ2) is 6.76. The summed E-state index contributed by atoms with van der Waals surface area (Å²) in [5.41, 5.74) is 7.84. The third-order valence-corrected chi connectivity index (χ3v) is 3.19. The number of nitrogens with zero attached hydrogens (tertiary/aromatic N) is 1. The van der Waals surface area contributed by atoms with E-state index in [0.717, 1.165) is 17.7 Å². The highest BCUT2D eigenvalue weighted by atomic mass is 19.3. The number of carbonyl (C=O) groups is 1. The van der Waals surface area contributed by atoms with Crippen molar-refractivity contribution in [2.24, 2.45) is 5.73 Å². The monoisotopic (exact) mass is 284 g/mol. The van der Waals surface area contributed by atoms with E-state index in [-0.39, 0.29) is 25.0 Å². The zero-order chi connectivity index (χ0) is 14.5. The first kappa shape index (κ1) is 14.9. The second-order valence-corrected chi connectivity index (χ2v) is 4.81. The highest BCUT2D eigenvalue weighted by Crippen LogP contribution is 2.26. The van der Waals surface area contributed by atoms with Gasteiger partial charge in [0.15, 0.2) is 0 Å². The van der Waals surface area contributed by atoms with Crippen molar-refractivity contribution in [2.45, 2.75) is 25.3 Å². The van der Waals surface area contributed by atoms with Gasteiger partial charge in [0, 0.05) is 18.3 Å². The SMILES string of the molecule is NC1Cc2ccccc2N(C(=O)CCOCC(F)F)C1. The molecule has 1 aromatic carbocycles. The normalized spacial score (nSPS) is 18.2. The molecule has 0 saturated carbocycles. The van der Waals surface area contributed by atoms with E-state index in [1.54, 1.807) is 4.90 Å². The fraction of sp³-hybridized carbons (Fsp3) is 0.500. The van der Waals surface area contributed by atoms with Crippen LogP contribution in [0.5, 0.6) is 0 Å². The molecule has 0 aliphatic carbocycles. The molecule has 20 heavy (non-hydrogen) atoms. The molecule has 0 bridgehead atoms. The number of halogens is 2. The number of nitrogens with two attached hydrogens (primary N) is 1. The summed E-state index contributed by atoms with van der Waals surface area (Å²) in [7, 11) is 0. The van der Waals surface area contributed by atoms with Gasteiger partial charge in [0.05, 0.1) is 13.0 Å². The van der Waals surface area contributed by atoms with Crippen molar-refractivity contribution in [2.75, 3.05) is 24.7 Å². The summed E-state index contributed by atoms with van der Waals surface area (Å²) < 4.78 is 28.6. The summed E-state index contributed by atoms with van der Waals surface area (Å²) in [4.78, 5) is 13.8. The van der Waals surface area contributed by atoms with Crippen LogP contribution in [-0.2, 0) is 16.0 Å². The maximum absolute atomic E-state index is 12.2. The molecule has 110 valence electrons. The van der Waals surface area contributed by atoms with Gasteiger partial charge in [0.25, 0.3) is 6.43 Å². The van der Waals surface area contributed by atoms with Crippen molar-refractivity contribution in [3.8, 4) is 0 Å². The number of ether oxygens (including phenoxy) is 1. The largest absolute Gasteiger partial charge is 0.375 e. The van der Waals surface area contributed by atoms with Crippen molar-refractivity contribution in [3.05, 3.63) is 29.8 Å². The Hall–Kier alpha value is -1.53. The van der Waals surface area contributed by atoms with Crippen LogP contribution >= 0.6 is 0 Å². The predicted octanol–water partition coefficient (Wildman–Crippen LogP) is 1.57. The van der Waals surface area contributed by atoms with E-state index >= 15 is 0 Å². The van der Waals surface area contributed by atoms with Gasteiger partial charge >= 0.3 is 0 Å². The minimum atomic E-state index is -2.51. The number of carbonyl (C=O) groups excluding carboxylic acids is 1. The molecule has 0 saturated heterocycles. The summed E-state index contributed by atoms with van der Waals surface area (Å²) in [5, 5.41) is 0. The Kier molecular flexibility index (Phi) is 5.03. The summed E-state index contributed by atoms with van der Waals surface area (Å²) in [6, 6.07) is 7.49. The zero-order valence-corrected chi connectivity index (χ0v) is 11.1. The molecule has 1 amide bonds. The predicted molar refractivity (Wildman–Crippen MR) is 71.9 cm³/mol. The Morgan fingerprint density at radius 3 is 2.95 bits per heavy atom. The number of para-hydroxylation sites is 1. The van der Waals surface area contributed by atoms with Crippen LogP contribution in [0, 0.1) is 0 Å². The number of fused-ring (bicyclic) bond motifs is 1. The van der Waals surface area contributed by atoms with Crippen molar-refractivity contribution in [1.29, 1.82) is 0 Å². The summed E-state index contributed by atoms with van der Waals surface area (Å²) >= 11 is 0. The van der Waals surface area contributed by atoms with Crippen LogP contribution < -0.4 is 10.6 Å². The van der Waals surface area contributed by atoms with E-state index in [0.29, 0.717) is 6.54 Å². The number of rotatable bonds is 5. The molecule has 2 N–H and O–H groups in total. The van der Waals surface area contributed by atoms with E-state index < -0.39 is 13.0 Å². The van der Waals surface area contributed by atoms with E-state index in [2.05, 4.69) is 0 Å². The minimum Gasteiger partial charge on any atom is -0.375 e. The Bertz CT molecular complexity index is 468. The lowest BCUT2D eigenvalue weighted by molar-refractivity contribution is -0.120. The summed E-state index contributed by atoms with van der Waals surface area (Å²) in [5.74, 6) is -0.151. The molecule has 0 fully saturated rings. The topological polar surface area (TPSA) is 55.6 Å². The number of benzene rings is 1. The van der Waals surface area contributed by atoms with Crippen LogP contribution in [0.15, 0.2) is 24.3 Å². The first-order valence-corrected chi connectivity index (χ1v) is 6.57. The average Bonchev–Trinajstić information content (AvgIpc) is 2.42. The molecule has 1 aliphatic heterocycles. The van der Waals surface area contributed by atoms with Crippen LogP contribution in [0.3, 0.4) is 0 Å². The molecule has 1 unspecified atom stereocenters. The lowest BCUT2D eigenvalue weighted by atomic mass is 9.98. The highest BCUT2D eigenvalue weighted by molar-refractivity contribution is 5.94. The Labute approximate surface area is 116 Å². The maximum atomic E-state index is 12.2. The average molecular weight is 284 g/mol. The molecule has 4 nitrogen and oxygen atoms in total. The van der Waals surface area contributed by atoms with Crippen LogP contribution in [0.4, 0.5) is 14.5 Å². The van der Waals surface area contributed by atoms with E-state index in [4.69, 9.17) is 10.5 Å². The standard InChI is InChI=1S/C14H18F2N2O2/c15-13(16)9-20-6-5-14(19)18-8-11(17)7-10-3-1-2-4-12(10)18/h1-4,11,13H,5-9,17H2. The van der Waals surface area contributed by atoms with Crippen molar-refractivity contribution < 1.29 is 18.3 Å². The minimum absolute atomic E-state index is 0.00290. The van der Waals surface area contributed by atoms with Gasteiger partial charge in [-0.25, -0.2) is 8.78 Å². The molecule has 1 heterocycles. The fourth-order valence-electron chi connectivity index (χ4n) is 2.33. The Balaban J connectivity index is 1.96. The van der Waals surface area contributed by atoms with Crippen LogP contribution in [0.25, 0.3) is 0 Å². The molecular weight excluding hydrogens is 266 g/mol. The third-order valence-electron chi connectivity index (χ3n) is 3.19. The van der Waals surface area contributed by atoms with E-state index in [1.165, 1.54) is 0 Å². The molecule has 1 atom stereocenters. The molecule has 0 spiro atoms. The van der Waals surface area contributed by atoms with Gasteiger partial charge in [-0.05, 0) is 18.1 Å². The maximum Gasteiger partial charge on any atom is 0.261 e. The summed E-state index contributed by atoms with van der Waals surface area (Å²) in [6.45, 7) is -0.189. The molecule has 0 aromatic heterocycles. The number of amides is 1. The molecule has 0 radical (unpaired) electrons. The number of hydrogen-bond donors (Lipinski definition) is 1. The van der Waals surface area contributed by atoms with Gasteiger partial charge in [-0.2, -0.15) is 0 Å². The van der Waals surface area contributed by atoms with Gasteiger partial charge in [0.2, 0.25) is 5.91 Å². The van der Waals surface area contributed by atoms with Crippen LogP contribution in [-0.4, -0.2) is 38.1 Å². The number of hydrogen-bond acceptors (Lipinski definition) is 3. The number of alkyl halides is 2. The fourth-order valence-corrected chi connectivity index (χ4v) is 2.33. The van der Waals surface area contributed by atoms with Crippen LogP contribution in [0.2, 0.25) is 0 Å². The lowest BCUT2D eigenvalue weighted by Gasteiger charge is -2.33. The van der Waals surface area contributed by atoms with E-state index in [1.807, 2.05) is 24.3 Å². The van der Waals surface area contributed by atoms with Crippen molar-refractivity contribution in [1.82, 2.24) is 0 Å². The highest BCUT2D eigenvalue weighted by Gasteiger charge is 2.25. The molecule has 1 aromatic rings. The third kappa shape index (κ3) is 3.74. The Morgan fingerprint density at radius 2 is 2.20 bits per heavy atom. The van der Waals surface area contributed by atoms with Gasteiger partial charge in [-0.15, -0.1) is 0 Å². The number of anilines is 1. The van der Waals surface area contributed by atoms with Gasteiger partial charge in [-0.1, -0.05) is 18.2 Å².